The fourth-order valence-corrected chi connectivity index (χ4v) is 3.16. The number of aromatic nitrogens is 1. The minimum atomic E-state index is -0.167. The van der Waals surface area contributed by atoms with Crippen molar-refractivity contribution in [3.8, 4) is 5.88 Å². The normalized spacial score (nSPS) is 10.4. The lowest BCUT2D eigenvalue weighted by atomic mass is 10.2. The van der Waals surface area contributed by atoms with E-state index in [1.165, 1.54) is 11.3 Å². The molecule has 1 amide bonds. The summed E-state index contributed by atoms with van der Waals surface area (Å²) >= 11 is 7.42. The number of methoxy groups -OCH3 is 1. The van der Waals surface area contributed by atoms with E-state index in [1.807, 2.05) is 12.1 Å². The number of halogens is 1. The van der Waals surface area contributed by atoms with Crippen molar-refractivity contribution in [3.05, 3.63) is 57.9 Å². The third-order valence-electron chi connectivity index (χ3n) is 3.14. The van der Waals surface area contributed by atoms with Crippen molar-refractivity contribution >= 4 is 28.8 Å². The van der Waals surface area contributed by atoms with E-state index in [9.17, 15) is 4.79 Å². The maximum Gasteiger partial charge on any atom is 0.259 e. The zero-order valence-corrected chi connectivity index (χ0v) is 15.0. The van der Waals surface area contributed by atoms with Crippen LogP contribution in [-0.4, -0.2) is 42.7 Å². The molecule has 0 aliphatic heterocycles. The highest BCUT2D eigenvalue weighted by molar-refractivity contribution is 7.16. The number of hydrogen-bond acceptors (Lipinski definition) is 5. The van der Waals surface area contributed by atoms with Crippen LogP contribution >= 0.6 is 22.9 Å². The lowest BCUT2D eigenvalue weighted by Crippen LogP contribution is -2.31. The van der Waals surface area contributed by atoms with E-state index in [0.29, 0.717) is 42.1 Å². The summed E-state index contributed by atoms with van der Waals surface area (Å²) < 4.78 is 11.2. The molecule has 2 aromatic heterocycles. The number of rotatable bonds is 9. The molecule has 2 heterocycles. The van der Waals surface area contributed by atoms with Gasteiger partial charge in [-0.05, 0) is 24.3 Å². The van der Waals surface area contributed by atoms with Gasteiger partial charge in [-0.3, -0.25) is 4.79 Å². The summed E-state index contributed by atoms with van der Waals surface area (Å²) in [5.74, 6) is 0.137. The van der Waals surface area contributed by atoms with Crippen LogP contribution in [0.15, 0.2) is 43.1 Å². The minimum Gasteiger partial charge on any atom is -0.475 e. The second-order valence-electron chi connectivity index (χ2n) is 4.88. The van der Waals surface area contributed by atoms with Crippen LogP contribution in [0.4, 0.5) is 0 Å². The molecule has 0 spiro atoms. The van der Waals surface area contributed by atoms with Crippen LogP contribution in [0.2, 0.25) is 4.34 Å². The molecule has 0 fully saturated rings. The number of thiophene rings is 1. The predicted octanol–water partition coefficient (Wildman–Crippen LogP) is 3.65. The zero-order chi connectivity index (χ0) is 17.4. The molecule has 0 saturated heterocycles. The predicted molar refractivity (Wildman–Crippen MR) is 95.9 cm³/mol. The maximum atomic E-state index is 12.9. The van der Waals surface area contributed by atoms with Crippen molar-refractivity contribution in [2.24, 2.45) is 0 Å². The van der Waals surface area contributed by atoms with Gasteiger partial charge in [0.15, 0.2) is 0 Å². The summed E-state index contributed by atoms with van der Waals surface area (Å²) in [7, 11) is 1.59. The van der Waals surface area contributed by atoms with Gasteiger partial charge in [0.1, 0.15) is 12.2 Å². The lowest BCUT2D eigenvalue weighted by molar-refractivity contribution is 0.0755. The zero-order valence-electron chi connectivity index (χ0n) is 13.4. The average molecular weight is 367 g/mol. The molecule has 2 rings (SSSR count). The Morgan fingerprint density at radius 3 is 2.92 bits per heavy atom. The van der Waals surface area contributed by atoms with Gasteiger partial charge in [0.05, 0.1) is 17.5 Å². The summed E-state index contributed by atoms with van der Waals surface area (Å²) in [6, 6.07) is 7.15. The molecule has 128 valence electrons. The van der Waals surface area contributed by atoms with Gasteiger partial charge in [-0.25, -0.2) is 4.98 Å². The van der Waals surface area contributed by atoms with Crippen LogP contribution in [0.1, 0.15) is 15.2 Å². The molecule has 0 aliphatic carbocycles. The van der Waals surface area contributed by atoms with Gasteiger partial charge >= 0.3 is 0 Å². The second kappa shape index (κ2) is 9.42. The number of carbonyl (C=O) groups excluding carboxylic acids is 1. The highest BCUT2D eigenvalue weighted by atomic mass is 35.5. The topological polar surface area (TPSA) is 51.7 Å². The van der Waals surface area contributed by atoms with Gasteiger partial charge < -0.3 is 14.4 Å². The number of hydrogen-bond donors (Lipinski definition) is 0. The highest BCUT2D eigenvalue weighted by Crippen LogP contribution is 2.24. The fourth-order valence-electron chi connectivity index (χ4n) is 2.06. The minimum absolute atomic E-state index is 0.167. The van der Waals surface area contributed by atoms with Gasteiger partial charge in [-0.2, -0.15) is 0 Å². The molecule has 0 radical (unpaired) electrons. The molecule has 0 atom stereocenters. The Morgan fingerprint density at radius 1 is 1.42 bits per heavy atom. The van der Waals surface area contributed by atoms with Gasteiger partial charge in [0.25, 0.3) is 5.91 Å². The van der Waals surface area contributed by atoms with E-state index in [0.717, 1.165) is 4.88 Å². The summed E-state index contributed by atoms with van der Waals surface area (Å²) in [5.41, 5.74) is 0.415. The van der Waals surface area contributed by atoms with Crippen LogP contribution < -0.4 is 4.74 Å². The van der Waals surface area contributed by atoms with Crippen molar-refractivity contribution < 1.29 is 14.3 Å². The van der Waals surface area contributed by atoms with Gasteiger partial charge in [-0.15, -0.1) is 17.9 Å². The lowest BCUT2D eigenvalue weighted by Gasteiger charge is -2.21. The number of pyridine rings is 1. The quantitative estimate of drug-likeness (QED) is 0.502. The van der Waals surface area contributed by atoms with Crippen molar-refractivity contribution in [2.75, 3.05) is 26.9 Å². The summed E-state index contributed by atoms with van der Waals surface area (Å²) in [4.78, 5) is 19.7. The van der Waals surface area contributed by atoms with Crippen LogP contribution in [-0.2, 0) is 11.3 Å². The number of amides is 1. The van der Waals surface area contributed by atoms with E-state index in [4.69, 9.17) is 21.1 Å². The first-order chi connectivity index (χ1) is 11.7. The second-order valence-corrected chi connectivity index (χ2v) is 6.68. The Bertz CT molecular complexity index is 690. The molecule has 2 aromatic rings. The third-order valence-corrected chi connectivity index (χ3v) is 4.36. The van der Waals surface area contributed by atoms with Gasteiger partial charge in [0.2, 0.25) is 5.88 Å². The molecule has 0 unspecified atom stereocenters. The molecule has 0 aliphatic rings. The summed E-state index contributed by atoms with van der Waals surface area (Å²) in [6.07, 6.45) is 3.28. The Hall–Kier alpha value is -1.89. The van der Waals surface area contributed by atoms with Crippen molar-refractivity contribution in [1.82, 2.24) is 9.88 Å². The Balaban J connectivity index is 2.18. The van der Waals surface area contributed by atoms with Crippen LogP contribution in [0.3, 0.4) is 0 Å². The van der Waals surface area contributed by atoms with E-state index in [1.54, 1.807) is 36.4 Å². The van der Waals surface area contributed by atoms with Crippen molar-refractivity contribution in [3.63, 3.8) is 0 Å². The summed E-state index contributed by atoms with van der Waals surface area (Å²) in [6.45, 7) is 5.35. The first-order valence-electron chi connectivity index (χ1n) is 7.37. The maximum absolute atomic E-state index is 12.9. The molecular weight excluding hydrogens is 348 g/mol. The molecule has 5 nitrogen and oxygen atoms in total. The molecule has 0 saturated carbocycles. The van der Waals surface area contributed by atoms with E-state index < -0.39 is 0 Å². The van der Waals surface area contributed by atoms with E-state index >= 15 is 0 Å². The van der Waals surface area contributed by atoms with Gasteiger partial charge in [0, 0.05) is 24.7 Å². The molecule has 0 N–H and O–H groups in total. The standard InChI is InChI=1S/C17H19ClN2O3S/c1-3-9-20(12-13-6-7-15(18)24-13)17(21)14-5-4-8-19-16(14)23-11-10-22-2/h3-8H,1,9-12H2,2H3. The molecule has 7 heteroatoms. The van der Waals surface area contributed by atoms with Gasteiger partial charge in [-0.1, -0.05) is 17.7 Å². The Morgan fingerprint density at radius 2 is 2.25 bits per heavy atom. The molecular formula is C17H19ClN2O3S. The first-order valence-corrected chi connectivity index (χ1v) is 8.56. The van der Waals surface area contributed by atoms with Crippen molar-refractivity contribution in [1.29, 1.82) is 0 Å². The van der Waals surface area contributed by atoms with Crippen LogP contribution in [0.5, 0.6) is 5.88 Å². The largest absolute Gasteiger partial charge is 0.475 e. The molecule has 0 bridgehead atoms. The average Bonchev–Trinajstić information content (AvgIpc) is 2.99. The Kier molecular flexibility index (Phi) is 7.24. The monoisotopic (exact) mass is 366 g/mol. The van der Waals surface area contributed by atoms with Crippen LogP contribution in [0.25, 0.3) is 0 Å². The fraction of sp³-hybridized carbons (Fsp3) is 0.294. The molecule has 24 heavy (non-hydrogen) atoms. The Labute approximate surface area is 150 Å². The summed E-state index contributed by atoms with van der Waals surface area (Å²) in [5, 5.41) is 0. The van der Waals surface area contributed by atoms with E-state index in [2.05, 4.69) is 11.6 Å². The number of nitrogens with zero attached hydrogens (tertiary/aromatic N) is 2. The van der Waals surface area contributed by atoms with Crippen molar-refractivity contribution in [2.45, 2.75) is 6.54 Å². The smallest absolute Gasteiger partial charge is 0.259 e. The van der Waals surface area contributed by atoms with Crippen LogP contribution in [0, 0.1) is 0 Å². The third kappa shape index (κ3) is 5.06. The first kappa shape index (κ1) is 18.4. The number of ether oxygens (including phenoxy) is 2. The molecule has 0 aromatic carbocycles. The highest BCUT2D eigenvalue weighted by Gasteiger charge is 2.20. The van der Waals surface area contributed by atoms with E-state index in [-0.39, 0.29) is 5.91 Å². The SMILES string of the molecule is C=CCN(Cc1ccc(Cl)s1)C(=O)c1cccnc1OCCOC. The number of carbonyl (C=O) groups is 1.